The van der Waals surface area contributed by atoms with Crippen LogP contribution >= 0.6 is 11.8 Å². The number of amidine groups is 1. The van der Waals surface area contributed by atoms with Gasteiger partial charge >= 0.3 is 0 Å². The molecule has 92 valence electrons. The van der Waals surface area contributed by atoms with Crippen LogP contribution in [0.2, 0.25) is 0 Å². The largest absolute Gasteiger partial charge is 0.360 e. The molecule has 1 N–H and O–H groups in total. The summed E-state index contributed by atoms with van der Waals surface area (Å²) in [5.74, 6) is 1.14. The number of hydrogen-bond donors (Lipinski definition) is 1. The van der Waals surface area contributed by atoms with E-state index in [2.05, 4.69) is 36.1 Å². The summed E-state index contributed by atoms with van der Waals surface area (Å²) in [7, 11) is 0. The fourth-order valence-electron chi connectivity index (χ4n) is 1.70. The van der Waals surface area contributed by atoms with Gasteiger partial charge in [-0.2, -0.15) is 0 Å². The Morgan fingerprint density at radius 1 is 1.53 bits per heavy atom. The van der Waals surface area contributed by atoms with E-state index in [1.54, 1.807) is 0 Å². The molecule has 0 saturated carbocycles. The lowest BCUT2D eigenvalue weighted by Gasteiger charge is -2.32. The molecule has 0 unspecified atom stereocenters. The summed E-state index contributed by atoms with van der Waals surface area (Å²) in [6, 6.07) is 2.03. The minimum absolute atomic E-state index is 0.175. The molecule has 0 aliphatic carbocycles. The van der Waals surface area contributed by atoms with E-state index in [0.717, 1.165) is 10.9 Å². The van der Waals surface area contributed by atoms with E-state index in [0.29, 0.717) is 6.54 Å². The maximum Gasteiger partial charge on any atom is 0.157 e. The van der Waals surface area contributed by atoms with Gasteiger partial charge in [0.25, 0.3) is 0 Å². The van der Waals surface area contributed by atoms with E-state index in [-0.39, 0.29) is 5.54 Å². The molecule has 2 rings (SSSR count). The highest BCUT2D eigenvalue weighted by molar-refractivity contribution is 8.13. The molecule has 2 heterocycles. The van der Waals surface area contributed by atoms with Crippen LogP contribution in [0.15, 0.2) is 23.5 Å². The number of hydrogen-bond acceptors (Lipinski definition) is 3. The zero-order valence-corrected chi connectivity index (χ0v) is 11.5. The molecular weight excluding hydrogens is 230 g/mol. The van der Waals surface area contributed by atoms with Crippen molar-refractivity contribution in [1.82, 2.24) is 10.3 Å². The lowest BCUT2D eigenvalue weighted by molar-refractivity contribution is 0.446. The average Bonchev–Trinajstić information content (AvgIpc) is 2.27. The van der Waals surface area contributed by atoms with Crippen molar-refractivity contribution in [2.24, 2.45) is 4.99 Å². The smallest absolute Gasteiger partial charge is 0.157 e. The van der Waals surface area contributed by atoms with Gasteiger partial charge in [0.15, 0.2) is 5.17 Å². The van der Waals surface area contributed by atoms with Crippen molar-refractivity contribution < 1.29 is 0 Å². The highest BCUT2D eigenvalue weighted by atomic mass is 32.2. The second-order valence-corrected chi connectivity index (χ2v) is 6.11. The van der Waals surface area contributed by atoms with Gasteiger partial charge in [-0.15, -0.1) is 0 Å². The molecule has 0 bridgehead atoms. The Hall–Kier alpha value is -1.03. The zero-order chi connectivity index (χ0) is 12.3. The molecular formula is C13H19N3S. The summed E-state index contributed by atoms with van der Waals surface area (Å²) in [6.07, 6.45) is 4.91. The van der Waals surface area contributed by atoms with Crippen LogP contribution in [0.1, 0.15) is 31.4 Å². The van der Waals surface area contributed by atoms with Crippen LogP contribution in [-0.2, 0) is 6.54 Å². The third-order valence-electron chi connectivity index (χ3n) is 2.95. The summed E-state index contributed by atoms with van der Waals surface area (Å²) >= 11 is 1.81. The van der Waals surface area contributed by atoms with E-state index >= 15 is 0 Å². The molecule has 17 heavy (non-hydrogen) atoms. The second kappa shape index (κ2) is 5.08. The van der Waals surface area contributed by atoms with E-state index in [4.69, 9.17) is 0 Å². The van der Waals surface area contributed by atoms with Crippen LogP contribution < -0.4 is 5.32 Å². The number of nitrogens with one attached hydrogen (secondary N) is 1. The van der Waals surface area contributed by atoms with Crippen LogP contribution in [0.5, 0.6) is 0 Å². The molecule has 0 radical (unpaired) electrons. The third-order valence-corrected chi connectivity index (χ3v) is 3.86. The molecule has 4 heteroatoms. The standard InChI is InChI=1S/C13H19N3S/c1-10-4-6-14-8-11(10)9-15-12-16-13(2,3)5-7-17-12/h4,6,8H,5,7,9H2,1-3H3,(H,15,16). The summed E-state index contributed by atoms with van der Waals surface area (Å²) in [4.78, 5) is 8.78. The van der Waals surface area contributed by atoms with Crippen molar-refractivity contribution >= 4 is 16.9 Å². The van der Waals surface area contributed by atoms with Gasteiger partial charge in [0.05, 0.1) is 6.54 Å². The van der Waals surface area contributed by atoms with Crippen molar-refractivity contribution in [2.45, 2.75) is 39.3 Å². The number of thioether (sulfide) groups is 1. The Balaban J connectivity index is 2.04. The number of pyridine rings is 1. The van der Waals surface area contributed by atoms with Gasteiger partial charge in [-0.25, -0.2) is 0 Å². The second-order valence-electron chi connectivity index (χ2n) is 5.03. The number of aryl methyl sites for hydroxylation is 1. The van der Waals surface area contributed by atoms with E-state index in [1.807, 2.05) is 30.2 Å². The van der Waals surface area contributed by atoms with Crippen molar-refractivity contribution in [3.63, 3.8) is 0 Å². The first-order chi connectivity index (χ1) is 8.07. The summed E-state index contributed by atoms with van der Waals surface area (Å²) < 4.78 is 0. The first-order valence-electron chi connectivity index (χ1n) is 5.92. The molecule has 1 fully saturated rings. The van der Waals surface area contributed by atoms with Crippen LogP contribution in [0.4, 0.5) is 0 Å². The number of rotatable bonds is 2. The molecule has 0 amide bonds. The van der Waals surface area contributed by atoms with Crippen LogP contribution in [0.25, 0.3) is 0 Å². The van der Waals surface area contributed by atoms with E-state index < -0.39 is 0 Å². The third kappa shape index (κ3) is 3.46. The quantitative estimate of drug-likeness (QED) is 0.875. The number of nitrogens with zero attached hydrogens (tertiary/aromatic N) is 2. The minimum atomic E-state index is 0.175. The maximum absolute atomic E-state index is 4.64. The zero-order valence-electron chi connectivity index (χ0n) is 10.7. The predicted octanol–water partition coefficient (Wildman–Crippen LogP) is 2.75. The van der Waals surface area contributed by atoms with Crippen LogP contribution in [-0.4, -0.2) is 21.4 Å². The molecule has 0 atom stereocenters. The van der Waals surface area contributed by atoms with E-state index in [9.17, 15) is 0 Å². The average molecular weight is 249 g/mol. The molecule has 0 spiro atoms. The normalized spacial score (nSPS) is 21.2. The first-order valence-corrected chi connectivity index (χ1v) is 6.90. The molecule has 0 aromatic carbocycles. The fraction of sp³-hybridized carbons (Fsp3) is 0.538. The summed E-state index contributed by atoms with van der Waals surface area (Å²) in [6.45, 7) is 7.25. The lowest BCUT2D eigenvalue weighted by Crippen LogP contribution is -2.46. The SMILES string of the molecule is Cc1ccncc1CN=C1NC(C)(C)CCS1. The van der Waals surface area contributed by atoms with Crippen LogP contribution in [0.3, 0.4) is 0 Å². The Bertz CT molecular complexity index is 426. The van der Waals surface area contributed by atoms with Crippen LogP contribution in [0, 0.1) is 6.92 Å². The predicted molar refractivity (Wildman–Crippen MR) is 74.4 cm³/mol. The van der Waals surface area contributed by atoms with Crippen molar-refractivity contribution in [1.29, 1.82) is 0 Å². The highest BCUT2D eigenvalue weighted by Gasteiger charge is 2.23. The molecule has 1 aliphatic rings. The minimum Gasteiger partial charge on any atom is -0.360 e. The topological polar surface area (TPSA) is 37.3 Å². The molecule has 3 nitrogen and oxygen atoms in total. The monoisotopic (exact) mass is 249 g/mol. The lowest BCUT2D eigenvalue weighted by atomic mass is 10.0. The number of aromatic nitrogens is 1. The van der Waals surface area contributed by atoms with Crippen molar-refractivity contribution in [3.8, 4) is 0 Å². The Kier molecular flexibility index (Phi) is 3.72. The Morgan fingerprint density at radius 2 is 2.35 bits per heavy atom. The molecule has 1 saturated heterocycles. The van der Waals surface area contributed by atoms with Gasteiger partial charge in [-0.05, 0) is 44.4 Å². The Labute approximate surface area is 107 Å². The van der Waals surface area contributed by atoms with Crippen molar-refractivity contribution in [2.75, 3.05) is 5.75 Å². The van der Waals surface area contributed by atoms with E-state index in [1.165, 1.54) is 17.5 Å². The van der Waals surface area contributed by atoms with Gasteiger partial charge in [0, 0.05) is 23.7 Å². The van der Waals surface area contributed by atoms with Gasteiger partial charge in [-0.3, -0.25) is 9.98 Å². The molecule has 1 aromatic heterocycles. The fourth-order valence-corrected chi connectivity index (χ4v) is 3.01. The van der Waals surface area contributed by atoms with Gasteiger partial charge in [0.1, 0.15) is 0 Å². The van der Waals surface area contributed by atoms with Gasteiger partial charge in [0.2, 0.25) is 0 Å². The molecule has 1 aromatic rings. The first kappa shape index (κ1) is 12.4. The Morgan fingerprint density at radius 3 is 3.06 bits per heavy atom. The molecule has 1 aliphatic heterocycles. The van der Waals surface area contributed by atoms with Gasteiger partial charge in [-0.1, -0.05) is 11.8 Å². The summed E-state index contributed by atoms with van der Waals surface area (Å²) in [5.41, 5.74) is 2.63. The van der Waals surface area contributed by atoms with Gasteiger partial charge < -0.3 is 5.32 Å². The maximum atomic E-state index is 4.64. The number of aliphatic imine (C=N–C) groups is 1. The summed E-state index contributed by atoms with van der Waals surface area (Å²) in [5, 5.41) is 4.53. The van der Waals surface area contributed by atoms with Crippen molar-refractivity contribution in [3.05, 3.63) is 29.6 Å². The highest BCUT2D eigenvalue weighted by Crippen LogP contribution is 2.22.